The van der Waals surface area contributed by atoms with Gasteiger partial charge >= 0.3 is 0 Å². The van der Waals surface area contributed by atoms with Gasteiger partial charge in [-0.2, -0.15) is 0 Å². The van der Waals surface area contributed by atoms with Crippen LogP contribution in [-0.4, -0.2) is 42.4 Å². The van der Waals surface area contributed by atoms with E-state index in [9.17, 15) is 4.79 Å². The van der Waals surface area contributed by atoms with Crippen molar-refractivity contribution in [2.45, 2.75) is 51.0 Å². The minimum Gasteiger partial charge on any atom is -0.353 e. The standard InChI is InChI=1S/C13H25N5O/c14-17-13(16-11-6-2-1-3-7-11)15-10-12(19)18-8-4-5-9-18/h11H,1-10,14H2,(H2,15,16,17). The number of hydrazine groups is 1. The molecule has 1 amide bonds. The SMILES string of the molecule is NNC(=NCC(=O)N1CCCC1)NC1CCCCC1. The summed E-state index contributed by atoms with van der Waals surface area (Å²) in [6.45, 7) is 1.92. The Morgan fingerprint density at radius 2 is 1.84 bits per heavy atom. The Morgan fingerprint density at radius 3 is 2.47 bits per heavy atom. The Labute approximate surface area is 114 Å². The molecule has 1 saturated carbocycles. The molecule has 0 aromatic carbocycles. The molecule has 2 aliphatic rings. The molecule has 1 aliphatic carbocycles. The predicted octanol–water partition coefficient (Wildman–Crippen LogP) is 0.350. The number of hydrogen-bond acceptors (Lipinski definition) is 3. The van der Waals surface area contributed by atoms with Crippen LogP contribution in [0.25, 0.3) is 0 Å². The lowest BCUT2D eigenvalue weighted by Gasteiger charge is -2.24. The zero-order valence-electron chi connectivity index (χ0n) is 11.5. The van der Waals surface area contributed by atoms with Gasteiger partial charge in [0.1, 0.15) is 6.54 Å². The normalized spacial score (nSPS) is 21.5. The molecule has 2 fully saturated rings. The Kier molecular flexibility index (Phi) is 5.44. The van der Waals surface area contributed by atoms with Crippen molar-refractivity contribution in [2.75, 3.05) is 19.6 Å². The van der Waals surface area contributed by atoms with E-state index in [2.05, 4.69) is 15.7 Å². The highest BCUT2D eigenvalue weighted by atomic mass is 16.2. The molecule has 0 spiro atoms. The van der Waals surface area contributed by atoms with E-state index in [4.69, 9.17) is 5.84 Å². The van der Waals surface area contributed by atoms with Gasteiger partial charge in [0.15, 0.2) is 0 Å². The van der Waals surface area contributed by atoms with E-state index in [1.54, 1.807) is 0 Å². The number of nitrogens with zero attached hydrogens (tertiary/aromatic N) is 2. The van der Waals surface area contributed by atoms with E-state index < -0.39 is 0 Å². The number of carbonyl (C=O) groups is 1. The van der Waals surface area contributed by atoms with Crippen molar-refractivity contribution in [3.63, 3.8) is 0 Å². The number of likely N-dealkylation sites (tertiary alicyclic amines) is 1. The van der Waals surface area contributed by atoms with Crippen LogP contribution in [0.5, 0.6) is 0 Å². The maximum absolute atomic E-state index is 11.9. The Morgan fingerprint density at radius 1 is 1.16 bits per heavy atom. The molecule has 0 aromatic heterocycles. The molecule has 6 heteroatoms. The number of nitrogens with one attached hydrogen (secondary N) is 2. The Bertz CT molecular complexity index is 319. The van der Waals surface area contributed by atoms with Crippen molar-refractivity contribution >= 4 is 11.9 Å². The number of carbonyl (C=O) groups excluding carboxylic acids is 1. The third kappa shape index (κ3) is 4.38. The van der Waals surface area contributed by atoms with Crippen molar-refractivity contribution in [1.82, 2.24) is 15.6 Å². The quantitative estimate of drug-likeness (QED) is 0.298. The summed E-state index contributed by atoms with van der Waals surface area (Å²) >= 11 is 0. The summed E-state index contributed by atoms with van der Waals surface area (Å²) in [6.07, 6.45) is 8.34. The molecular weight excluding hydrogens is 242 g/mol. The molecule has 0 bridgehead atoms. The minimum absolute atomic E-state index is 0.0932. The first-order valence-electron chi connectivity index (χ1n) is 7.35. The Balaban J connectivity index is 1.78. The maximum Gasteiger partial charge on any atom is 0.244 e. The number of rotatable bonds is 3. The van der Waals surface area contributed by atoms with Gasteiger partial charge in [-0.1, -0.05) is 19.3 Å². The van der Waals surface area contributed by atoms with Crippen LogP contribution in [0.15, 0.2) is 4.99 Å². The predicted molar refractivity (Wildman–Crippen MR) is 75.4 cm³/mol. The number of aliphatic imine (C=N–C) groups is 1. The lowest BCUT2D eigenvalue weighted by Crippen LogP contribution is -2.47. The largest absolute Gasteiger partial charge is 0.353 e. The second kappa shape index (κ2) is 7.33. The monoisotopic (exact) mass is 267 g/mol. The second-order valence-corrected chi connectivity index (χ2v) is 5.38. The molecule has 1 saturated heterocycles. The number of guanidine groups is 1. The van der Waals surface area contributed by atoms with E-state index >= 15 is 0 Å². The lowest BCUT2D eigenvalue weighted by molar-refractivity contribution is -0.128. The van der Waals surface area contributed by atoms with Crippen molar-refractivity contribution in [3.05, 3.63) is 0 Å². The van der Waals surface area contributed by atoms with Gasteiger partial charge in [-0.05, 0) is 25.7 Å². The average Bonchev–Trinajstić information content (AvgIpc) is 2.98. The average molecular weight is 267 g/mol. The molecule has 0 unspecified atom stereocenters. The van der Waals surface area contributed by atoms with Crippen LogP contribution in [0.2, 0.25) is 0 Å². The van der Waals surface area contributed by atoms with Crippen LogP contribution in [-0.2, 0) is 4.79 Å². The molecule has 0 atom stereocenters. The van der Waals surface area contributed by atoms with Crippen LogP contribution in [0.3, 0.4) is 0 Å². The van der Waals surface area contributed by atoms with E-state index in [-0.39, 0.29) is 12.5 Å². The van der Waals surface area contributed by atoms with Crippen molar-refractivity contribution < 1.29 is 4.79 Å². The molecule has 0 aromatic rings. The summed E-state index contributed by atoms with van der Waals surface area (Å²) in [5.41, 5.74) is 2.56. The first kappa shape index (κ1) is 14.1. The molecule has 2 rings (SSSR count). The highest BCUT2D eigenvalue weighted by Gasteiger charge is 2.18. The number of amides is 1. The van der Waals surface area contributed by atoms with Gasteiger partial charge in [0.2, 0.25) is 11.9 Å². The molecule has 108 valence electrons. The van der Waals surface area contributed by atoms with Crippen LogP contribution < -0.4 is 16.6 Å². The third-order valence-electron chi connectivity index (χ3n) is 3.91. The first-order chi connectivity index (χ1) is 9.29. The molecule has 19 heavy (non-hydrogen) atoms. The van der Waals surface area contributed by atoms with E-state index in [1.807, 2.05) is 4.90 Å². The smallest absolute Gasteiger partial charge is 0.244 e. The Hall–Kier alpha value is -1.30. The minimum atomic E-state index is 0.0932. The summed E-state index contributed by atoms with van der Waals surface area (Å²) < 4.78 is 0. The van der Waals surface area contributed by atoms with Gasteiger partial charge in [-0.25, -0.2) is 10.8 Å². The fourth-order valence-electron chi connectivity index (χ4n) is 2.79. The van der Waals surface area contributed by atoms with Gasteiger partial charge < -0.3 is 10.2 Å². The summed E-state index contributed by atoms with van der Waals surface area (Å²) in [7, 11) is 0. The topological polar surface area (TPSA) is 82.7 Å². The highest BCUT2D eigenvalue weighted by molar-refractivity contribution is 5.84. The van der Waals surface area contributed by atoms with E-state index in [0.29, 0.717) is 12.0 Å². The zero-order valence-corrected chi connectivity index (χ0v) is 11.5. The van der Waals surface area contributed by atoms with E-state index in [0.717, 1.165) is 38.8 Å². The number of nitrogens with two attached hydrogens (primary N) is 1. The molecule has 1 heterocycles. The van der Waals surface area contributed by atoms with Crippen LogP contribution in [0, 0.1) is 0 Å². The van der Waals surface area contributed by atoms with E-state index in [1.165, 1.54) is 19.3 Å². The summed E-state index contributed by atoms with van der Waals surface area (Å²) in [4.78, 5) is 18.0. The van der Waals surface area contributed by atoms with Crippen molar-refractivity contribution in [2.24, 2.45) is 10.8 Å². The highest BCUT2D eigenvalue weighted by Crippen LogP contribution is 2.17. The van der Waals surface area contributed by atoms with Crippen molar-refractivity contribution in [3.8, 4) is 0 Å². The maximum atomic E-state index is 11.9. The first-order valence-corrected chi connectivity index (χ1v) is 7.35. The van der Waals surface area contributed by atoms with Crippen LogP contribution in [0.1, 0.15) is 44.9 Å². The molecule has 4 N–H and O–H groups in total. The molecule has 0 radical (unpaired) electrons. The van der Waals surface area contributed by atoms with Crippen LogP contribution in [0.4, 0.5) is 0 Å². The fraction of sp³-hybridized carbons (Fsp3) is 0.846. The van der Waals surface area contributed by atoms with Gasteiger partial charge in [0, 0.05) is 19.1 Å². The van der Waals surface area contributed by atoms with Crippen LogP contribution >= 0.6 is 0 Å². The van der Waals surface area contributed by atoms with Gasteiger partial charge in [-0.15, -0.1) is 0 Å². The van der Waals surface area contributed by atoms with Crippen molar-refractivity contribution in [1.29, 1.82) is 0 Å². The fourth-order valence-corrected chi connectivity index (χ4v) is 2.79. The zero-order chi connectivity index (χ0) is 13.5. The number of hydrogen-bond donors (Lipinski definition) is 3. The summed E-state index contributed by atoms with van der Waals surface area (Å²) in [5, 5.41) is 3.29. The van der Waals surface area contributed by atoms with Gasteiger partial charge in [0.25, 0.3) is 0 Å². The second-order valence-electron chi connectivity index (χ2n) is 5.38. The summed E-state index contributed by atoms with van der Waals surface area (Å²) in [6, 6.07) is 0.436. The van der Waals surface area contributed by atoms with Gasteiger partial charge in [-0.3, -0.25) is 10.2 Å². The molecule has 1 aliphatic heterocycles. The third-order valence-corrected chi connectivity index (χ3v) is 3.91. The molecule has 6 nitrogen and oxygen atoms in total. The lowest BCUT2D eigenvalue weighted by atomic mass is 9.96. The van der Waals surface area contributed by atoms with Gasteiger partial charge in [0.05, 0.1) is 0 Å². The summed E-state index contributed by atoms with van der Waals surface area (Å²) in [5.74, 6) is 6.10. The molecular formula is C13H25N5O.